The minimum absolute atomic E-state index is 0.113. The molecular formula is C22H17NO. The molecule has 0 spiro atoms. The Labute approximate surface area is 140 Å². The summed E-state index contributed by atoms with van der Waals surface area (Å²) in [5, 5.41) is 0.759. The molecule has 0 bridgehead atoms. The zero-order valence-electron chi connectivity index (χ0n) is 13.2. The predicted molar refractivity (Wildman–Crippen MR) is 98.8 cm³/mol. The number of nitrogens with zero attached hydrogens (tertiary/aromatic N) is 1. The van der Waals surface area contributed by atoms with Crippen LogP contribution in [-0.2, 0) is 6.42 Å². The molecule has 0 aliphatic rings. The third kappa shape index (κ3) is 2.63. The minimum Gasteiger partial charge on any atom is -0.316 e. The lowest BCUT2D eigenvalue weighted by atomic mass is 10.0. The Kier molecular flexibility index (Phi) is 3.72. The van der Waals surface area contributed by atoms with Crippen LogP contribution in [0.2, 0.25) is 0 Å². The molecular weight excluding hydrogens is 294 g/mol. The normalized spacial score (nSPS) is 10.8. The number of benzene rings is 3. The van der Waals surface area contributed by atoms with Gasteiger partial charge in [-0.2, -0.15) is 0 Å². The van der Waals surface area contributed by atoms with Crippen molar-refractivity contribution in [1.82, 2.24) is 4.57 Å². The molecule has 0 radical (unpaired) electrons. The zero-order chi connectivity index (χ0) is 16.4. The molecule has 0 aliphatic heterocycles. The van der Waals surface area contributed by atoms with Gasteiger partial charge in [0.25, 0.3) is 0 Å². The molecule has 0 aliphatic carbocycles. The summed E-state index contributed by atoms with van der Waals surface area (Å²) >= 11 is 0. The van der Waals surface area contributed by atoms with Gasteiger partial charge in [0, 0.05) is 29.3 Å². The van der Waals surface area contributed by atoms with Gasteiger partial charge in [0.05, 0.1) is 5.52 Å². The zero-order valence-corrected chi connectivity index (χ0v) is 13.2. The van der Waals surface area contributed by atoms with E-state index in [0.29, 0.717) is 6.42 Å². The van der Waals surface area contributed by atoms with E-state index in [9.17, 15) is 4.79 Å². The summed E-state index contributed by atoms with van der Waals surface area (Å²) in [5.74, 6) is 0. The molecule has 0 N–H and O–H groups in total. The van der Waals surface area contributed by atoms with Crippen LogP contribution >= 0.6 is 0 Å². The van der Waals surface area contributed by atoms with E-state index in [1.165, 1.54) is 0 Å². The molecule has 0 amide bonds. The summed E-state index contributed by atoms with van der Waals surface area (Å²) in [6, 6.07) is 28.1. The van der Waals surface area contributed by atoms with Gasteiger partial charge in [-0.1, -0.05) is 60.7 Å². The lowest BCUT2D eigenvalue weighted by molar-refractivity contribution is 1.04. The molecule has 0 atom stereocenters. The molecule has 1 aromatic heterocycles. The first-order valence-electron chi connectivity index (χ1n) is 8.05. The standard InChI is InChI=1S/C22H17NO/c24-22-18(15-17-9-3-1-4-10-17)16-23(19-11-5-2-6-12-19)21-14-8-7-13-20(21)22/h1-14,16H,15H2. The molecule has 2 nitrogen and oxygen atoms in total. The fourth-order valence-corrected chi connectivity index (χ4v) is 3.08. The highest BCUT2D eigenvalue weighted by atomic mass is 16.1. The van der Waals surface area contributed by atoms with Crippen molar-refractivity contribution in [2.45, 2.75) is 6.42 Å². The second kappa shape index (κ2) is 6.17. The summed E-state index contributed by atoms with van der Waals surface area (Å²) < 4.78 is 2.11. The summed E-state index contributed by atoms with van der Waals surface area (Å²) in [4.78, 5) is 12.9. The Hall–Kier alpha value is -3.13. The smallest absolute Gasteiger partial charge is 0.192 e. The molecule has 4 rings (SSSR count). The maximum absolute atomic E-state index is 12.9. The van der Waals surface area contributed by atoms with E-state index in [1.54, 1.807) is 0 Å². The van der Waals surface area contributed by atoms with Crippen LogP contribution in [0.5, 0.6) is 0 Å². The van der Waals surface area contributed by atoms with E-state index >= 15 is 0 Å². The van der Waals surface area contributed by atoms with Gasteiger partial charge in [-0.15, -0.1) is 0 Å². The van der Waals surface area contributed by atoms with Gasteiger partial charge in [-0.25, -0.2) is 0 Å². The molecule has 0 fully saturated rings. The Morgan fingerprint density at radius 3 is 2.08 bits per heavy atom. The van der Waals surface area contributed by atoms with Gasteiger partial charge in [0.2, 0.25) is 0 Å². The Morgan fingerprint density at radius 2 is 1.33 bits per heavy atom. The average Bonchev–Trinajstić information content (AvgIpc) is 2.66. The second-order valence-electron chi connectivity index (χ2n) is 5.87. The molecule has 4 aromatic rings. The molecule has 1 heterocycles. The van der Waals surface area contributed by atoms with E-state index in [-0.39, 0.29) is 5.43 Å². The number of hydrogen-bond acceptors (Lipinski definition) is 1. The van der Waals surface area contributed by atoms with Crippen molar-refractivity contribution in [3.8, 4) is 5.69 Å². The topological polar surface area (TPSA) is 22.0 Å². The second-order valence-corrected chi connectivity index (χ2v) is 5.87. The lowest BCUT2D eigenvalue weighted by Crippen LogP contribution is -2.14. The Bertz CT molecular complexity index is 1030. The predicted octanol–water partition coefficient (Wildman–Crippen LogP) is 4.58. The highest BCUT2D eigenvalue weighted by Crippen LogP contribution is 2.18. The molecule has 0 saturated heterocycles. The van der Waals surface area contributed by atoms with Crippen molar-refractivity contribution in [3.63, 3.8) is 0 Å². The van der Waals surface area contributed by atoms with E-state index in [0.717, 1.165) is 27.7 Å². The monoisotopic (exact) mass is 311 g/mol. The lowest BCUT2D eigenvalue weighted by Gasteiger charge is -2.13. The number of aromatic nitrogens is 1. The number of rotatable bonds is 3. The molecule has 2 heteroatoms. The van der Waals surface area contributed by atoms with Crippen LogP contribution < -0.4 is 5.43 Å². The van der Waals surface area contributed by atoms with Crippen molar-refractivity contribution < 1.29 is 0 Å². The summed E-state index contributed by atoms with van der Waals surface area (Å²) in [5.41, 5.74) is 4.06. The van der Waals surface area contributed by atoms with Crippen LogP contribution in [-0.4, -0.2) is 4.57 Å². The SMILES string of the molecule is O=c1c(Cc2ccccc2)cn(-c2ccccc2)c2ccccc12. The maximum Gasteiger partial charge on any atom is 0.192 e. The van der Waals surface area contributed by atoms with Crippen LogP contribution in [0.15, 0.2) is 95.9 Å². The van der Waals surface area contributed by atoms with E-state index in [1.807, 2.05) is 66.9 Å². The quantitative estimate of drug-likeness (QED) is 0.543. The number of hydrogen-bond donors (Lipinski definition) is 0. The summed E-state index contributed by atoms with van der Waals surface area (Å²) in [6.45, 7) is 0. The summed E-state index contributed by atoms with van der Waals surface area (Å²) in [7, 11) is 0. The van der Waals surface area contributed by atoms with Crippen molar-refractivity contribution in [1.29, 1.82) is 0 Å². The maximum atomic E-state index is 12.9. The highest BCUT2D eigenvalue weighted by Gasteiger charge is 2.10. The van der Waals surface area contributed by atoms with Crippen LogP contribution in [0.1, 0.15) is 11.1 Å². The first-order valence-corrected chi connectivity index (χ1v) is 8.05. The minimum atomic E-state index is 0.113. The van der Waals surface area contributed by atoms with Gasteiger partial charge in [-0.3, -0.25) is 4.79 Å². The van der Waals surface area contributed by atoms with Crippen LogP contribution in [0.3, 0.4) is 0 Å². The fourth-order valence-electron chi connectivity index (χ4n) is 3.08. The van der Waals surface area contributed by atoms with Gasteiger partial charge in [0.1, 0.15) is 0 Å². The highest BCUT2D eigenvalue weighted by molar-refractivity contribution is 5.81. The van der Waals surface area contributed by atoms with Crippen molar-refractivity contribution in [3.05, 3.63) is 112 Å². The van der Waals surface area contributed by atoms with Gasteiger partial charge < -0.3 is 4.57 Å². The molecule has 0 saturated carbocycles. The van der Waals surface area contributed by atoms with E-state index < -0.39 is 0 Å². The van der Waals surface area contributed by atoms with Gasteiger partial charge in [0.15, 0.2) is 5.43 Å². The Morgan fingerprint density at radius 1 is 0.708 bits per heavy atom. The number of para-hydroxylation sites is 2. The molecule has 116 valence electrons. The first-order chi connectivity index (χ1) is 11.8. The number of pyridine rings is 1. The van der Waals surface area contributed by atoms with Gasteiger partial charge in [-0.05, 0) is 29.8 Å². The van der Waals surface area contributed by atoms with Crippen LogP contribution in [0.4, 0.5) is 0 Å². The molecule has 0 unspecified atom stereocenters. The average molecular weight is 311 g/mol. The molecule has 3 aromatic carbocycles. The van der Waals surface area contributed by atoms with Crippen molar-refractivity contribution >= 4 is 10.9 Å². The first kappa shape index (κ1) is 14.5. The molecule has 24 heavy (non-hydrogen) atoms. The van der Waals surface area contributed by atoms with Crippen molar-refractivity contribution in [2.75, 3.05) is 0 Å². The van der Waals surface area contributed by atoms with E-state index in [2.05, 4.69) is 28.8 Å². The largest absolute Gasteiger partial charge is 0.316 e. The Balaban J connectivity index is 1.95. The number of fused-ring (bicyclic) bond motifs is 1. The van der Waals surface area contributed by atoms with Gasteiger partial charge >= 0.3 is 0 Å². The summed E-state index contributed by atoms with van der Waals surface area (Å²) in [6.07, 6.45) is 2.62. The van der Waals surface area contributed by atoms with Crippen molar-refractivity contribution in [2.24, 2.45) is 0 Å². The third-order valence-corrected chi connectivity index (χ3v) is 4.26. The fraction of sp³-hybridized carbons (Fsp3) is 0.0455. The van der Waals surface area contributed by atoms with Crippen LogP contribution in [0, 0.1) is 0 Å². The van der Waals surface area contributed by atoms with E-state index in [4.69, 9.17) is 0 Å². The van der Waals surface area contributed by atoms with Crippen LogP contribution in [0.25, 0.3) is 16.6 Å². The third-order valence-electron chi connectivity index (χ3n) is 4.26.